The van der Waals surface area contributed by atoms with Crippen LogP contribution < -0.4 is 20.9 Å². The molecule has 0 saturated heterocycles. The normalized spacial score (nSPS) is 13.2. The van der Waals surface area contributed by atoms with Gasteiger partial charge in [0.25, 0.3) is 5.91 Å². The lowest BCUT2D eigenvalue weighted by Crippen LogP contribution is -2.46. The highest BCUT2D eigenvalue weighted by Gasteiger charge is 2.31. The standard InChI is InChI=1S/C27H32FN7O2/c1-5-34(6-2)15-19-9-8-18(11-20(19)13-28)25(36)31-22-10-7-17(3)23(12-22)35-16-21-14-30-26(29)32-24(21)33(4)27(35)37/h7-12,14H,5-6,13,15-16H2,1-4H3,(H,31,36)(H2,29,30,32). The van der Waals surface area contributed by atoms with Crippen molar-refractivity contribution in [3.05, 3.63) is 70.4 Å². The summed E-state index contributed by atoms with van der Waals surface area (Å²) < 4.78 is 13.8. The number of nitrogen functional groups attached to an aromatic ring is 1. The Kier molecular flexibility index (Phi) is 7.68. The number of hydrogen-bond donors (Lipinski definition) is 2. The minimum atomic E-state index is -0.645. The molecule has 1 aromatic heterocycles. The van der Waals surface area contributed by atoms with Gasteiger partial charge in [-0.05, 0) is 61.0 Å². The SMILES string of the molecule is CCN(CC)Cc1ccc(C(=O)Nc2ccc(C)c(N3Cc4cnc(N)nc4N(C)C3=O)c2)cc1CF. The van der Waals surface area contributed by atoms with Crippen molar-refractivity contribution in [1.29, 1.82) is 0 Å². The van der Waals surface area contributed by atoms with Gasteiger partial charge < -0.3 is 11.1 Å². The van der Waals surface area contributed by atoms with Gasteiger partial charge in [0.15, 0.2) is 0 Å². The van der Waals surface area contributed by atoms with Crippen molar-refractivity contribution in [2.24, 2.45) is 0 Å². The van der Waals surface area contributed by atoms with Crippen LogP contribution in [-0.2, 0) is 19.8 Å². The molecule has 4 rings (SSSR count). The van der Waals surface area contributed by atoms with Crippen LogP contribution in [-0.4, -0.2) is 46.9 Å². The van der Waals surface area contributed by atoms with Gasteiger partial charge in [0.05, 0.1) is 12.2 Å². The van der Waals surface area contributed by atoms with Crippen molar-refractivity contribution in [2.75, 3.05) is 41.0 Å². The number of fused-ring (bicyclic) bond motifs is 1. The second-order valence-electron chi connectivity index (χ2n) is 9.04. The largest absolute Gasteiger partial charge is 0.368 e. The number of anilines is 4. The third-order valence-electron chi connectivity index (χ3n) is 6.68. The van der Waals surface area contributed by atoms with E-state index in [1.54, 1.807) is 42.4 Å². The lowest BCUT2D eigenvalue weighted by molar-refractivity contribution is 0.102. The smallest absolute Gasteiger partial charge is 0.330 e. The van der Waals surface area contributed by atoms with E-state index in [2.05, 4.69) is 34.0 Å². The van der Waals surface area contributed by atoms with Crippen molar-refractivity contribution in [3.8, 4) is 0 Å². The van der Waals surface area contributed by atoms with Gasteiger partial charge in [-0.25, -0.2) is 14.2 Å². The molecule has 0 bridgehead atoms. The number of nitrogens with zero attached hydrogens (tertiary/aromatic N) is 5. The Labute approximate surface area is 216 Å². The summed E-state index contributed by atoms with van der Waals surface area (Å²) in [5.41, 5.74) is 10.2. The van der Waals surface area contributed by atoms with E-state index in [1.807, 2.05) is 19.1 Å². The predicted molar refractivity (Wildman–Crippen MR) is 143 cm³/mol. The van der Waals surface area contributed by atoms with Crippen LogP contribution in [0.2, 0.25) is 0 Å². The molecular formula is C27H32FN7O2. The Morgan fingerprint density at radius 3 is 2.62 bits per heavy atom. The van der Waals surface area contributed by atoms with Gasteiger partial charge in [-0.1, -0.05) is 26.0 Å². The summed E-state index contributed by atoms with van der Waals surface area (Å²) in [4.78, 5) is 39.7. The van der Waals surface area contributed by atoms with E-state index in [9.17, 15) is 14.0 Å². The maximum atomic E-state index is 13.8. The quantitative estimate of drug-likeness (QED) is 0.467. The van der Waals surface area contributed by atoms with Crippen molar-refractivity contribution < 1.29 is 14.0 Å². The molecule has 3 amide bonds. The number of alkyl halides is 1. The van der Waals surface area contributed by atoms with Crippen molar-refractivity contribution in [3.63, 3.8) is 0 Å². The number of hydrogen-bond acceptors (Lipinski definition) is 6. The van der Waals surface area contributed by atoms with Gasteiger partial charge in [0.2, 0.25) is 5.95 Å². The second kappa shape index (κ2) is 10.9. The van der Waals surface area contributed by atoms with Gasteiger partial charge in [-0.2, -0.15) is 4.98 Å². The Morgan fingerprint density at radius 1 is 1.16 bits per heavy atom. The minimum absolute atomic E-state index is 0.102. The molecule has 10 heteroatoms. The number of carbonyl (C=O) groups excluding carboxylic acids is 2. The number of aromatic nitrogens is 2. The number of amides is 3. The fourth-order valence-electron chi connectivity index (χ4n) is 4.43. The fourth-order valence-corrected chi connectivity index (χ4v) is 4.43. The first-order chi connectivity index (χ1) is 17.7. The van der Waals surface area contributed by atoms with E-state index in [0.717, 1.165) is 29.8 Å². The number of aryl methyl sites for hydroxylation is 1. The first-order valence-corrected chi connectivity index (χ1v) is 12.2. The van der Waals surface area contributed by atoms with Crippen LogP contribution in [0.4, 0.5) is 32.3 Å². The van der Waals surface area contributed by atoms with E-state index in [1.165, 1.54) is 4.90 Å². The van der Waals surface area contributed by atoms with Crippen LogP contribution >= 0.6 is 0 Å². The number of carbonyl (C=O) groups is 2. The molecule has 0 atom stereocenters. The van der Waals surface area contributed by atoms with Crippen molar-refractivity contribution >= 4 is 35.1 Å². The molecular weight excluding hydrogens is 473 g/mol. The molecule has 37 heavy (non-hydrogen) atoms. The zero-order chi connectivity index (χ0) is 26.7. The molecule has 0 unspecified atom stereocenters. The number of halogens is 1. The molecule has 0 fully saturated rings. The summed E-state index contributed by atoms with van der Waals surface area (Å²) in [6.07, 6.45) is 1.61. The summed E-state index contributed by atoms with van der Waals surface area (Å²) >= 11 is 0. The van der Waals surface area contributed by atoms with E-state index >= 15 is 0 Å². The lowest BCUT2D eigenvalue weighted by atomic mass is 10.0. The van der Waals surface area contributed by atoms with E-state index in [-0.39, 0.29) is 24.4 Å². The van der Waals surface area contributed by atoms with Gasteiger partial charge >= 0.3 is 6.03 Å². The molecule has 9 nitrogen and oxygen atoms in total. The van der Waals surface area contributed by atoms with Crippen LogP contribution in [0.1, 0.15) is 46.5 Å². The summed E-state index contributed by atoms with van der Waals surface area (Å²) in [7, 11) is 1.63. The van der Waals surface area contributed by atoms with Gasteiger partial charge in [-0.3, -0.25) is 19.5 Å². The zero-order valence-electron chi connectivity index (χ0n) is 21.6. The van der Waals surface area contributed by atoms with Gasteiger partial charge in [0.1, 0.15) is 12.5 Å². The molecule has 0 saturated carbocycles. The molecule has 2 heterocycles. The Hall–Kier alpha value is -4.05. The first kappa shape index (κ1) is 26.0. The van der Waals surface area contributed by atoms with Gasteiger partial charge in [0, 0.05) is 36.6 Å². The average molecular weight is 506 g/mol. The van der Waals surface area contributed by atoms with E-state index in [4.69, 9.17) is 5.73 Å². The highest BCUT2D eigenvalue weighted by atomic mass is 19.1. The third kappa shape index (κ3) is 5.39. The Bertz CT molecular complexity index is 1330. The number of urea groups is 1. The molecule has 0 spiro atoms. The van der Waals surface area contributed by atoms with E-state index in [0.29, 0.717) is 34.9 Å². The van der Waals surface area contributed by atoms with Crippen LogP contribution in [0.5, 0.6) is 0 Å². The van der Waals surface area contributed by atoms with Gasteiger partial charge in [-0.15, -0.1) is 0 Å². The first-order valence-electron chi connectivity index (χ1n) is 12.2. The summed E-state index contributed by atoms with van der Waals surface area (Å²) in [6, 6.07) is 10.2. The average Bonchev–Trinajstić information content (AvgIpc) is 2.90. The molecule has 0 aliphatic carbocycles. The molecule has 3 N–H and O–H groups in total. The Balaban J connectivity index is 1.56. The topological polar surface area (TPSA) is 108 Å². The maximum Gasteiger partial charge on any atom is 0.330 e. The fraction of sp³-hybridized carbons (Fsp3) is 0.333. The maximum absolute atomic E-state index is 13.8. The molecule has 0 radical (unpaired) electrons. The number of nitrogens with one attached hydrogen (secondary N) is 1. The molecule has 3 aromatic rings. The summed E-state index contributed by atoms with van der Waals surface area (Å²) in [6.45, 7) is 8.01. The second-order valence-corrected chi connectivity index (χ2v) is 9.04. The summed E-state index contributed by atoms with van der Waals surface area (Å²) in [5.74, 6) is 0.226. The summed E-state index contributed by atoms with van der Waals surface area (Å²) in [5, 5.41) is 2.89. The molecule has 1 aliphatic rings. The predicted octanol–water partition coefficient (Wildman–Crippen LogP) is 4.51. The minimum Gasteiger partial charge on any atom is -0.368 e. The lowest BCUT2D eigenvalue weighted by Gasteiger charge is -2.34. The number of rotatable bonds is 8. The third-order valence-corrected chi connectivity index (χ3v) is 6.68. The van der Waals surface area contributed by atoms with Crippen LogP contribution in [0.25, 0.3) is 0 Å². The zero-order valence-corrected chi connectivity index (χ0v) is 21.6. The Morgan fingerprint density at radius 2 is 1.92 bits per heavy atom. The molecule has 1 aliphatic heterocycles. The van der Waals surface area contributed by atoms with Crippen LogP contribution in [0.15, 0.2) is 42.6 Å². The highest BCUT2D eigenvalue weighted by molar-refractivity contribution is 6.07. The van der Waals surface area contributed by atoms with Crippen LogP contribution in [0, 0.1) is 6.92 Å². The highest BCUT2D eigenvalue weighted by Crippen LogP contribution is 2.33. The van der Waals surface area contributed by atoms with Crippen LogP contribution in [0.3, 0.4) is 0 Å². The number of nitrogens with two attached hydrogens (primary N) is 1. The van der Waals surface area contributed by atoms with Crippen molar-refractivity contribution in [1.82, 2.24) is 14.9 Å². The van der Waals surface area contributed by atoms with E-state index < -0.39 is 6.67 Å². The number of benzene rings is 2. The molecule has 2 aromatic carbocycles. The monoisotopic (exact) mass is 505 g/mol. The molecule has 194 valence electrons. The van der Waals surface area contributed by atoms with Crippen molar-refractivity contribution in [2.45, 2.75) is 40.5 Å².